The first-order valence-electron chi connectivity index (χ1n) is 8.59. The Balaban J connectivity index is 1.50. The average Bonchev–Trinajstić information content (AvgIpc) is 3.40. The zero-order valence-electron chi connectivity index (χ0n) is 14.9. The Morgan fingerprint density at radius 2 is 2.00 bits per heavy atom. The second-order valence-electron chi connectivity index (χ2n) is 5.92. The number of rotatable bonds is 10. The predicted molar refractivity (Wildman–Crippen MR) is 112 cm³/mol. The summed E-state index contributed by atoms with van der Waals surface area (Å²) in [6, 6.07) is 13.6. The van der Waals surface area contributed by atoms with E-state index in [1.54, 1.807) is 27.8 Å². The lowest BCUT2D eigenvalue weighted by Gasteiger charge is -2.15. The van der Waals surface area contributed by atoms with E-state index in [2.05, 4.69) is 21.8 Å². The van der Waals surface area contributed by atoms with Crippen molar-refractivity contribution in [3.05, 3.63) is 69.5 Å². The highest BCUT2D eigenvalue weighted by Gasteiger charge is 2.16. The summed E-state index contributed by atoms with van der Waals surface area (Å²) in [5.41, 5.74) is 1.44. The van der Waals surface area contributed by atoms with Crippen molar-refractivity contribution in [3.63, 3.8) is 0 Å². The van der Waals surface area contributed by atoms with Crippen LogP contribution in [0.4, 0.5) is 0 Å². The molecule has 3 aromatic rings. The molecule has 2 heterocycles. The maximum absolute atomic E-state index is 12.2. The lowest BCUT2D eigenvalue weighted by molar-refractivity contribution is -0.118. The highest BCUT2D eigenvalue weighted by Crippen LogP contribution is 2.15. The van der Waals surface area contributed by atoms with Crippen LogP contribution in [0.25, 0.3) is 0 Å². The standard InChI is InChI=1S/C19H19N3O3S3/c23-14-22(10-4-8-15-6-2-1-3-7-15)12-17-20-16(13-27-17)19(24)21-28(25)18-9-5-11-26-18/h1-3,5-7,9,11,13-14H,4,8,10,12H2,(H,21,24). The third kappa shape index (κ3) is 5.82. The number of benzene rings is 1. The van der Waals surface area contributed by atoms with Gasteiger partial charge in [0.25, 0.3) is 5.91 Å². The number of hydrogen-bond acceptors (Lipinski definition) is 6. The first kappa shape index (κ1) is 20.4. The monoisotopic (exact) mass is 433 g/mol. The maximum atomic E-state index is 12.2. The molecule has 0 saturated carbocycles. The Labute approximate surface area is 173 Å². The van der Waals surface area contributed by atoms with Crippen molar-refractivity contribution in [1.29, 1.82) is 0 Å². The molecule has 3 rings (SSSR count). The van der Waals surface area contributed by atoms with E-state index in [4.69, 9.17) is 0 Å². The van der Waals surface area contributed by atoms with Crippen molar-refractivity contribution in [2.24, 2.45) is 0 Å². The summed E-state index contributed by atoms with van der Waals surface area (Å²) in [5, 5.41) is 4.08. The number of nitrogens with one attached hydrogen (secondary N) is 1. The van der Waals surface area contributed by atoms with E-state index in [9.17, 15) is 13.8 Å². The molecular formula is C19H19N3O3S3. The van der Waals surface area contributed by atoms with Gasteiger partial charge in [-0.25, -0.2) is 9.19 Å². The summed E-state index contributed by atoms with van der Waals surface area (Å²) in [4.78, 5) is 29.5. The van der Waals surface area contributed by atoms with Crippen LogP contribution in [0.3, 0.4) is 0 Å². The van der Waals surface area contributed by atoms with Crippen LogP contribution >= 0.6 is 22.7 Å². The summed E-state index contributed by atoms with van der Waals surface area (Å²) in [6.45, 7) is 0.964. The zero-order chi connectivity index (χ0) is 19.8. The van der Waals surface area contributed by atoms with E-state index < -0.39 is 16.9 Å². The lowest BCUT2D eigenvalue weighted by atomic mass is 10.1. The summed E-state index contributed by atoms with van der Waals surface area (Å²) in [7, 11) is -1.59. The third-order valence-electron chi connectivity index (χ3n) is 3.89. The van der Waals surface area contributed by atoms with Crippen LogP contribution in [0.5, 0.6) is 0 Å². The normalized spacial score (nSPS) is 11.7. The Hall–Kier alpha value is -2.36. The van der Waals surface area contributed by atoms with Gasteiger partial charge in [0.1, 0.15) is 14.9 Å². The molecule has 0 bridgehead atoms. The van der Waals surface area contributed by atoms with Crippen molar-refractivity contribution in [1.82, 2.24) is 14.6 Å². The molecule has 0 aliphatic heterocycles. The molecule has 0 fully saturated rings. The highest BCUT2D eigenvalue weighted by atomic mass is 32.2. The Bertz CT molecular complexity index is 926. The van der Waals surface area contributed by atoms with Gasteiger partial charge in [-0.3, -0.25) is 14.3 Å². The first-order chi connectivity index (χ1) is 13.7. The molecule has 0 radical (unpaired) electrons. The van der Waals surface area contributed by atoms with Crippen molar-refractivity contribution in [2.45, 2.75) is 23.6 Å². The van der Waals surface area contributed by atoms with Gasteiger partial charge in [0.2, 0.25) is 6.41 Å². The summed E-state index contributed by atoms with van der Waals surface area (Å²) in [6.07, 6.45) is 2.55. The molecular weight excluding hydrogens is 414 g/mol. The van der Waals surface area contributed by atoms with Gasteiger partial charge in [-0.1, -0.05) is 36.4 Å². The molecule has 1 unspecified atom stereocenters. The van der Waals surface area contributed by atoms with Crippen LogP contribution in [-0.2, 0) is 28.7 Å². The lowest BCUT2D eigenvalue weighted by Crippen LogP contribution is -2.26. The average molecular weight is 434 g/mol. The Kier molecular flexibility index (Phi) is 7.46. The minimum atomic E-state index is -1.59. The molecule has 2 amide bonds. The molecule has 0 aliphatic rings. The fourth-order valence-corrected chi connectivity index (χ4v) is 4.98. The summed E-state index contributed by atoms with van der Waals surface area (Å²) in [5.74, 6) is -0.490. The van der Waals surface area contributed by atoms with Crippen LogP contribution in [0.15, 0.2) is 57.4 Å². The van der Waals surface area contributed by atoms with Gasteiger partial charge < -0.3 is 4.90 Å². The fourth-order valence-electron chi connectivity index (χ4n) is 2.52. The van der Waals surface area contributed by atoms with E-state index in [1.165, 1.54) is 28.2 Å². The van der Waals surface area contributed by atoms with Gasteiger partial charge in [0.15, 0.2) is 11.0 Å². The van der Waals surface area contributed by atoms with E-state index in [1.807, 2.05) is 18.2 Å². The van der Waals surface area contributed by atoms with Crippen LogP contribution in [-0.4, -0.2) is 33.0 Å². The highest BCUT2D eigenvalue weighted by molar-refractivity contribution is 7.86. The third-order valence-corrected chi connectivity index (χ3v) is 7.00. The Morgan fingerprint density at radius 1 is 1.18 bits per heavy atom. The molecule has 146 valence electrons. The van der Waals surface area contributed by atoms with Crippen LogP contribution in [0, 0.1) is 0 Å². The van der Waals surface area contributed by atoms with Gasteiger partial charge in [-0.2, -0.15) is 0 Å². The number of amides is 2. The molecule has 9 heteroatoms. The molecule has 2 aromatic heterocycles. The summed E-state index contributed by atoms with van der Waals surface area (Å²) >= 11 is 2.62. The minimum absolute atomic E-state index is 0.208. The summed E-state index contributed by atoms with van der Waals surface area (Å²) < 4.78 is 15.1. The number of carbonyl (C=O) groups is 2. The Morgan fingerprint density at radius 3 is 2.71 bits per heavy atom. The largest absolute Gasteiger partial charge is 0.338 e. The zero-order valence-corrected chi connectivity index (χ0v) is 17.4. The second kappa shape index (κ2) is 10.3. The van der Waals surface area contributed by atoms with Gasteiger partial charge >= 0.3 is 0 Å². The van der Waals surface area contributed by atoms with E-state index >= 15 is 0 Å². The predicted octanol–water partition coefficient (Wildman–Crippen LogP) is 3.25. The number of aromatic nitrogens is 1. The van der Waals surface area contributed by atoms with Crippen LogP contribution in [0.1, 0.15) is 27.5 Å². The molecule has 1 atom stereocenters. The van der Waals surface area contributed by atoms with E-state index in [0.717, 1.165) is 19.3 Å². The van der Waals surface area contributed by atoms with E-state index in [0.29, 0.717) is 22.3 Å². The van der Waals surface area contributed by atoms with Gasteiger partial charge in [0, 0.05) is 11.9 Å². The van der Waals surface area contributed by atoms with Crippen molar-refractivity contribution >= 4 is 46.0 Å². The smallest absolute Gasteiger partial charge is 0.282 e. The first-order valence-corrected chi connectivity index (χ1v) is 11.5. The number of carbonyl (C=O) groups excluding carboxylic acids is 2. The SMILES string of the molecule is O=CN(CCCc1ccccc1)Cc1nc(C(=O)NS(=O)c2cccs2)cs1. The van der Waals surface area contributed by atoms with Gasteiger partial charge in [0.05, 0.1) is 6.54 Å². The molecule has 1 N–H and O–H groups in total. The van der Waals surface area contributed by atoms with Crippen LogP contribution < -0.4 is 4.72 Å². The topological polar surface area (TPSA) is 79.4 Å². The number of nitrogens with zero attached hydrogens (tertiary/aromatic N) is 2. The quantitative estimate of drug-likeness (QED) is 0.498. The second-order valence-corrected chi connectivity index (χ2v) is 9.25. The molecule has 6 nitrogen and oxygen atoms in total. The number of aryl methyl sites for hydroxylation is 1. The molecule has 0 spiro atoms. The fraction of sp³-hybridized carbons (Fsp3) is 0.211. The molecule has 0 saturated heterocycles. The minimum Gasteiger partial charge on any atom is -0.338 e. The van der Waals surface area contributed by atoms with Gasteiger partial charge in [-0.05, 0) is 29.9 Å². The molecule has 0 aliphatic carbocycles. The number of thiophene rings is 1. The van der Waals surface area contributed by atoms with Crippen molar-refractivity contribution in [3.8, 4) is 0 Å². The van der Waals surface area contributed by atoms with E-state index in [-0.39, 0.29) is 5.69 Å². The number of hydrogen-bond donors (Lipinski definition) is 1. The number of thiazole rings is 1. The molecule has 1 aromatic carbocycles. The van der Waals surface area contributed by atoms with Crippen LogP contribution in [0.2, 0.25) is 0 Å². The van der Waals surface area contributed by atoms with Crippen molar-refractivity contribution < 1.29 is 13.8 Å². The molecule has 28 heavy (non-hydrogen) atoms. The van der Waals surface area contributed by atoms with Gasteiger partial charge in [-0.15, -0.1) is 22.7 Å². The van der Waals surface area contributed by atoms with Crippen molar-refractivity contribution in [2.75, 3.05) is 6.54 Å². The maximum Gasteiger partial charge on any atom is 0.282 e.